The highest BCUT2D eigenvalue weighted by Gasteiger charge is 2.14. The van der Waals surface area contributed by atoms with E-state index in [4.69, 9.17) is 4.74 Å². The van der Waals surface area contributed by atoms with Crippen LogP contribution in [0.1, 0.15) is 21.5 Å². The molecule has 3 heteroatoms. The maximum Gasteiger partial charge on any atom is 0.169 e. The van der Waals surface area contributed by atoms with Gasteiger partial charge in [0.25, 0.3) is 0 Å². The molecule has 0 aliphatic carbocycles. The van der Waals surface area contributed by atoms with E-state index < -0.39 is 0 Å². The summed E-state index contributed by atoms with van der Waals surface area (Å²) in [7, 11) is 1.63. The van der Waals surface area contributed by atoms with Crippen LogP contribution in [-0.4, -0.2) is 17.9 Å². The van der Waals surface area contributed by atoms with Crippen LogP contribution in [0.15, 0.2) is 48.7 Å². The van der Waals surface area contributed by atoms with Gasteiger partial charge in [-0.05, 0) is 36.2 Å². The van der Waals surface area contributed by atoms with E-state index in [0.29, 0.717) is 12.0 Å². The Kier molecular flexibility index (Phi) is 3.48. The fourth-order valence-corrected chi connectivity index (χ4v) is 2.53. The zero-order valence-corrected chi connectivity index (χ0v) is 12.1. The monoisotopic (exact) mass is 279 g/mol. The van der Waals surface area contributed by atoms with Gasteiger partial charge in [0.15, 0.2) is 5.78 Å². The number of hydrogen-bond acceptors (Lipinski definition) is 2. The number of aryl methyl sites for hydroxylation is 1. The molecule has 2 aromatic carbocycles. The molecule has 0 bridgehead atoms. The summed E-state index contributed by atoms with van der Waals surface area (Å²) in [5.41, 5.74) is 3.87. The van der Waals surface area contributed by atoms with Crippen LogP contribution >= 0.6 is 0 Å². The second-order valence-electron chi connectivity index (χ2n) is 5.14. The van der Waals surface area contributed by atoms with Gasteiger partial charge >= 0.3 is 0 Å². The number of benzene rings is 2. The van der Waals surface area contributed by atoms with Crippen molar-refractivity contribution in [2.45, 2.75) is 13.3 Å². The van der Waals surface area contributed by atoms with E-state index in [1.165, 1.54) is 0 Å². The van der Waals surface area contributed by atoms with Crippen LogP contribution in [0.25, 0.3) is 10.9 Å². The molecule has 0 radical (unpaired) electrons. The highest BCUT2D eigenvalue weighted by molar-refractivity contribution is 6.09. The predicted molar refractivity (Wildman–Crippen MR) is 84.1 cm³/mol. The standard InChI is InChI=1S/C18H17NO2/c1-12-5-3-4-6-13(12)9-18(20)16-11-19-17-8-7-14(21-2)10-15(16)17/h3-8,10-11,19H,9H2,1-2H3. The van der Waals surface area contributed by atoms with Crippen LogP contribution in [0.2, 0.25) is 0 Å². The normalized spacial score (nSPS) is 10.8. The number of Topliss-reactive ketones (excluding diaryl/α,β-unsaturated/α-hetero) is 1. The van der Waals surface area contributed by atoms with E-state index in [0.717, 1.165) is 27.8 Å². The summed E-state index contributed by atoms with van der Waals surface area (Å²) in [6, 6.07) is 13.7. The molecule has 106 valence electrons. The van der Waals surface area contributed by atoms with Crippen LogP contribution in [0, 0.1) is 6.92 Å². The Morgan fingerprint density at radius 3 is 2.76 bits per heavy atom. The van der Waals surface area contributed by atoms with Gasteiger partial charge in [0.05, 0.1) is 7.11 Å². The molecule has 0 atom stereocenters. The van der Waals surface area contributed by atoms with E-state index in [1.807, 2.05) is 49.4 Å². The average Bonchev–Trinajstić information content (AvgIpc) is 2.92. The van der Waals surface area contributed by atoms with Crippen molar-refractivity contribution in [2.75, 3.05) is 7.11 Å². The van der Waals surface area contributed by atoms with Crippen molar-refractivity contribution < 1.29 is 9.53 Å². The third kappa shape index (κ3) is 2.55. The molecule has 1 aromatic heterocycles. The third-order valence-corrected chi connectivity index (χ3v) is 3.80. The second-order valence-corrected chi connectivity index (χ2v) is 5.14. The van der Waals surface area contributed by atoms with Gasteiger partial charge in [-0.2, -0.15) is 0 Å². The van der Waals surface area contributed by atoms with Crippen LogP contribution < -0.4 is 4.74 Å². The Hall–Kier alpha value is -2.55. The molecule has 0 fully saturated rings. The number of aromatic nitrogens is 1. The summed E-state index contributed by atoms with van der Waals surface area (Å²) >= 11 is 0. The minimum absolute atomic E-state index is 0.115. The van der Waals surface area contributed by atoms with Crippen molar-refractivity contribution in [2.24, 2.45) is 0 Å². The van der Waals surface area contributed by atoms with Crippen molar-refractivity contribution in [3.8, 4) is 5.75 Å². The molecular formula is C18H17NO2. The number of H-pyrrole nitrogens is 1. The molecular weight excluding hydrogens is 262 g/mol. The smallest absolute Gasteiger partial charge is 0.169 e. The van der Waals surface area contributed by atoms with Gasteiger partial charge in [0.2, 0.25) is 0 Å². The number of fused-ring (bicyclic) bond motifs is 1. The van der Waals surface area contributed by atoms with Gasteiger partial charge in [0, 0.05) is 29.1 Å². The maximum atomic E-state index is 12.6. The summed E-state index contributed by atoms with van der Waals surface area (Å²) in [4.78, 5) is 15.7. The Bertz CT molecular complexity index is 802. The van der Waals surface area contributed by atoms with Gasteiger partial charge in [0.1, 0.15) is 5.75 Å². The summed E-state index contributed by atoms with van der Waals surface area (Å²) in [5, 5.41) is 0.910. The molecule has 0 amide bonds. The number of methoxy groups -OCH3 is 1. The minimum atomic E-state index is 0.115. The molecule has 3 rings (SSSR count). The molecule has 0 spiro atoms. The lowest BCUT2D eigenvalue weighted by Crippen LogP contribution is -2.04. The molecule has 0 aliphatic rings. The van der Waals surface area contributed by atoms with Crippen molar-refractivity contribution in [3.05, 3.63) is 65.4 Å². The van der Waals surface area contributed by atoms with Gasteiger partial charge in [-0.15, -0.1) is 0 Å². The molecule has 0 aliphatic heterocycles. The first-order chi connectivity index (χ1) is 10.2. The Labute approximate surface area is 123 Å². The Morgan fingerprint density at radius 2 is 2.00 bits per heavy atom. The zero-order chi connectivity index (χ0) is 14.8. The molecule has 21 heavy (non-hydrogen) atoms. The van der Waals surface area contributed by atoms with E-state index in [-0.39, 0.29) is 5.78 Å². The SMILES string of the molecule is COc1ccc2[nH]cc(C(=O)Cc3ccccc3C)c2c1. The summed E-state index contributed by atoms with van der Waals surface area (Å²) in [5.74, 6) is 0.871. The Balaban J connectivity index is 1.96. The van der Waals surface area contributed by atoms with E-state index >= 15 is 0 Å². The highest BCUT2D eigenvalue weighted by atomic mass is 16.5. The van der Waals surface area contributed by atoms with Gasteiger partial charge in [-0.3, -0.25) is 4.79 Å². The largest absolute Gasteiger partial charge is 0.497 e. The summed E-state index contributed by atoms with van der Waals surface area (Å²) < 4.78 is 5.24. The van der Waals surface area contributed by atoms with Gasteiger partial charge < -0.3 is 9.72 Å². The quantitative estimate of drug-likeness (QED) is 0.736. The number of carbonyl (C=O) groups is 1. The highest BCUT2D eigenvalue weighted by Crippen LogP contribution is 2.25. The number of aromatic amines is 1. The van der Waals surface area contributed by atoms with Crippen molar-refractivity contribution in [1.29, 1.82) is 0 Å². The van der Waals surface area contributed by atoms with Gasteiger partial charge in [-0.1, -0.05) is 24.3 Å². The summed E-state index contributed by atoms with van der Waals surface area (Å²) in [6.45, 7) is 2.03. The topological polar surface area (TPSA) is 42.1 Å². The molecule has 0 unspecified atom stereocenters. The lowest BCUT2D eigenvalue weighted by Gasteiger charge is -2.05. The lowest BCUT2D eigenvalue weighted by atomic mass is 9.99. The predicted octanol–water partition coefficient (Wildman–Crippen LogP) is 3.91. The maximum absolute atomic E-state index is 12.6. The third-order valence-electron chi connectivity index (χ3n) is 3.80. The fourth-order valence-electron chi connectivity index (χ4n) is 2.53. The van der Waals surface area contributed by atoms with Crippen molar-refractivity contribution >= 4 is 16.7 Å². The number of ketones is 1. The van der Waals surface area contributed by atoms with Crippen molar-refractivity contribution in [1.82, 2.24) is 4.98 Å². The van der Waals surface area contributed by atoms with E-state index in [2.05, 4.69) is 4.98 Å². The van der Waals surface area contributed by atoms with Crippen LogP contribution in [0.3, 0.4) is 0 Å². The number of hydrogen-bond donors (Lipinski definition) is 1. The molecule has 1 N–H and O–H groups in total. The van der Waals surface area contributed by atoms with Crippen LogP contribution in [0.5, 0.6) is 5.75 Å². The molecule has 0 saturated carbocycles. The molecule has 3 nitrogen and oxygen atoms in total. The lowest BCUT2D eigenvalue weighted by molar-refractivity contribution is 0.0994. The first kappa shape index (κ1) is 13.4. The number of carbonyl (C=O) groups excluding carboxylic acids is 1. The number of rotatable bonds is 4. The van der Waals surface area contributed by atoms with Crippen molar-refractivity contribution in [3.63, 3.8) is 0 Å². The minimum Gasteiger partial charge on any atom is -0.497 e. The van der Waals surface area contributed by atoms with Crippen LogP contribution in [0.4, 0.5) is 0 Å². The van der Waals surface area contributed by atoms with E-state index in [9.17, 15) is 4.79 Å². The number of ether oxygens (including phenoxy) is 1. The van der Waals surface area contributed by atoms with Gasteiger partial charge in [-0.25, -0.2) is 0 Å². The number of nitrogens with one attached hydrogen (secondary N) is 1. The van der Waals surface area contributed by atoms with E-state index in [1.54, 1.807) is 13.3 Å². The fraction of sp³-hybridized carbons (Fsp3) is 0.167. The molecule has 1 heterocycles. The Morgan fingerprint density at radius 1 is 1.19 bits per heavy atom. The first-order valence-electron chi connectivity index (χ1n) is 6.92. The zero-order valence-electron chi connectivity index (χ0n) is 12.1. The first-order valence-corrected chi connectivity index (χ1v) is 6.92. The second kappa shape index (κ2) is 5.44. The van der Waals surface area contributed by atoms with Crippen LogP contribution in [-0.2, 0) is 6.42 Å². The molecule has 3 aromatic rings. The average molecular weight is 279 g/mol. The summed E-state index contributed by atoms with van der Waals surface area (Å²) in [6.07, 6.45) is 2.20. The molecule has 0 saturated heterocycles.